The number of rotatable bonds is 4. The van der Waals surface area contributed by atoms with Crippen LogP contribution in [0.4, 0.5) is 0 Å². The number of allylic oxidation sites excluding steroid dienone is 2. The lowest BCUT2D eigenvalue weighted by Gasteiger charge is -2.09. The van der Waals surface area contributed by atoms with E-state index in [4.69, 9.17) is 11.6 Å². The number of nitrogens with one attached hydrogen (secondary N) is 1. The van der Waals surface area contributed by atoms with Crippen LogP contribution in [-0.2, 0) is 4.79 Å². The molecule has 0 amide bonds. The van der Waals surface area contributed by atoms with Crippen molar-refractivity contribution in [3.63, 3.8) is 0 Å². The highest BCUT2D eigenvalue weighted by Gasteiger charge is 2.04. The minimum absolute atomic E-state index is 0.0335. The lowest BCUT2D eigenvalue weighted by atomic mass is 10.1. The molecule has 0 saturated carbocycles. The Morgan fingerprint density at radius 3 is 2.55 bits per heavy atom. The highest BCUT2D eigenvalue weighted by atomic mass is 35.5. The van der Waals surface area contributed by atoms with Gasteiger partial charge in [0.2, 0.25) is 0 Å². The van der Waals surface area contributed by atoms with Gasteiger partial charge in [0.25, 0.3) is 0 Å². The molecule has 64 valence electrons. The average molecular weight is 176 g/mol. The number of carbonyl (C=O) groups is 1. The fourth-order valence-corrected chi connectivity index (χ4v) is 0.957. The number of carbonyl (C=O) groups excluding carboxylic acids is 1. The maximum absolute atomic E-state index is 10.3. The molecule has 0 fully saturated rings. The fraction of sp³-hybridized carbons (Fsp3) is 0.625. The number of halogens is 1. The van der Waals surface area contributed by atoms with Crippen LogP contribution in [0.15, 0.2) is 10.7 Å². The van der Waals surface area contributed by atoms with Crippen LogP contribution >= 0.6 is 11.6 Å². The van der Waals surface area contributed by atoms with Crippen LogP contribution in [0.2, 0.25) is 0 Å². The molecule has 0 bridgehead atoms. The zero-order valence-electron chi connectivity index (χ0n) is 7.15. The molecular formula is C8H14ClNO. The zero-order chi connectivity index (χ0) is 8.85. The summed E-state index contributed by atoms with van der Waals surface area (Å²) in [5, 5.41) is 3.68. The van der Waals surface area contributed by atoms with Crippen LogP contribution < -0.4 is 5.32 Å². The molecule has 1 unspecified atom stereocenters. The summed E-state index contributed by atoms with van der Waals surface area (Å²) in [5.74, 6) is 0.0335. The van der Waals surface area contributed by atoms with E-state index in [0.717, 1.165) is 17.0 Å². The van der Waals surface area contributed by atoms with E-state index in [0.29, 0.717) is 6.42 Å². The van der Waals surface area contributed by atoms with E-state index >= 15 is 0 Å². The summed E-state index contributed by atoms with van der Waals surface area (Å²) in [4.78, 5) is 10.3. The van der Waals surface area contributed by atoms with Crippen molar-refractivity contribution in [2.75, 3.05) is 7.05 Å². The van der Waals surface area contributed by atoms with Crippen molar-refractivity contribution in [1.82, 2.24) is 5.32 Å². The van der Waals surface area contributed by atoms with Crippen molar-refractivity contribution < 1.29 is 4.79 Å². The van der Waals surface area contributed by atoms with E-state index < -0.39 is 0 Å². The molecule has 0 aliphatic carbocycles. The number of aldehydes is 1. The van der Waals surface area contributed by atoms with Crippen molar-refractivity contribution in [3.8, 4) is 0 Å². The van der Waals surface area contributed by atoms with Gasteiger partial charge in [0, 0.05) is 23.7 Å². The Morgan fingerprint density at radius 2 is 2.27 bits per heavy atom. The minimum Gasteiger partial charge on any atom is -0.390 e. The third-order valence-corrected chi connectivity index (χ3v) is 1.70. The molecule has 0 saturated heterocycles. The second-order valence-corrected chi connectivity index (χ2v) is 3.15. The molecule has 1 atom stereocenters. The summed E-state index contributed by atoms with van der Waals surface area (Å²) in [6.45, 7) is 3.68. The van der Waals surface area contributed by atoms with Gasteiger partial charge in [0.1, 0.15) is 6.29 Å². The van der Waals surface area contributed by atoms with E-state index in [2.05, 4.69) is 5.32 Å². The first-order valence-electron chi connectivity index (χ1n) is 3.60. The monoisotopic (exact) mass is 175 g/mol. The van der Waals surface area contributed by atoms with Crippen molar-refractivity contribution in [2.24, 2.45) is 5.92 Å². The van der Waals surface area contributed by atoms with Gasteiger partial charge in [-0.3, -0.25) is 0 Å². The molecule has 0 rings (SSSR count). The van der Waals surface area contributed by atoms with Crippen molar-refractivity contribution >= 4 is 17.9 Å². The summed E-state index contributed by atoms with van der Waals surface area (Å²) >= 11 is 5.75. The molecule has 11 heavy (non-hydrogen) atoms. The second-order valence-electron chi connectivity index (χ2n) is 2.58. The molecule has 0 aromatic heterocycles. The SMILES string of the molecule is CN/C(CC(C)C=O)=C(/C)Cl. The Hall–Kier alpha value is -0.500. The van der Waals surface area contributed by atoms with Crippen molar-refractivity contribution in [2.45, 2.75) is 20.3 Å². The van der Waals surface area contributed by atoms with Gasteiger partial charge in [0.05, 0.1) is 0 Å². The van der Waals surface area contributed by atoms with Gasteiger partial charge in [-0.05, 0) is 13.3 Å². The van der Waals surface area contributed by atoms with Gasteiger partial charge in [-0.2, -0.15) is 0 Å². The third kappa shape index (κ3) is 4.04. The smallest absolute Gasteiger partial charge is 0.123 e. The Labute approximate surface area is 72.6 Å². The Balaban J connectivity index is 4.10. The first-order chi connectivity index (χ1) is 5.11. The van der Waals surface area contributed by atoms with Gasteiger partial charge in [-0.1, -0.05) is 18.5 Å². The van der Waals surface area contributed by atoms with Crippen LogP contribution in [0.3, 0.4) is 0 Å². The zero-order valence-corrected chi connectivity index (χ0v) is 7.90. The molecule has 0 aromatic carbocycles. The molecule has 1 N–H and O–H groups in total. The summed E-state index contributed by atoms with van der Waals surface area (Å²) in [5.41, 5.74) is 0.936. The molecule has 0 aliphatic heterocycles. The first-order valence-corrected chi connectivity index (χ1v) is 3.98. The topological polar surface area (TPSA) is 29.1 Å². The summed E-state index contributed by atoms with van der Waals surface area (Å²) in [7, 11) is 1.80. The molecule has 2 nitrogen and oxygen atoms in total. The molecule has 0 aromatic rings. The fourth-order valence-electron chi connectivity index (χ4n) is 0.785. The van der Waals surface area contributed by atoms with Crippen LogP contribution in [0.1, 0.15) is 20.3 Å². The van der Waals surface area contributed by atoms with E-state index in [1.54, 1.807) is 7.05 Å². The van der Waals surface area contributed by atoms with Crippen molar-refractivity contribution in [1.29, 1.82) is 0 Å². The largest absolute Gasteiger partial charge is 0.390 e. The maximum atomic E-state index is 10.3. The predicted molar refractivity (Wildman–Crippen MR) is 47.5 cm³/mol. The van der Waals surface area contributed by atoms with Gasteiger partial charge >= 0.3 is 0 Å². The Bertz CT molecular complexity index is 161. The summed E-state index contributed by atoms with van der Waals surface area (Å²) < 4.78 is 0. The number of hydrogen-bond acceptors (Lipinski definition) is 2. The van der Waals surface area contributed by atoms with Crippen LogP contribution in [0.5, 0.6) is 0 Å². The molecule has 3 heteroatoms. The molecule has 0 heterocycles. The van der Waals surface area contributed by atoms with E-state index in [1.165, 1.54) is 0 Å². The van der Waals surface area contributed by atoms with Gasteiger partial charge in [0.15, 0.2) is 0 Å². The number of hydrogen-bond donors (Lipinski definition) is 1. The maximum Gasteiger partial charge on any atom is 0.123 e. The van der Waals surface area contributed by atoms with Gasteiger partial charge in [-0.25, -0.2) is 0 Å². The normalized spacial score (nSPS) is 15.3. The lowest BCUT2D eigenvalue weighted by Crippen LogP contribution is -2.11. The minimum atomic E-state index is 0.0335. The molecule has 0 radical (unpaired) electrons. The first kappa shape index (κ1) is 10.5. The van der Waals surface area contributed by atoms with Crippen LogP contribution in [0.25, 0.3) is 0 Å². The lowest BCUT2D eigenvalue weighted by molar-refractivity contribution is -0.110. The molecule has 0 spiro atoms. The second kappa shape index (κ2) is 5.19. The summed E-state index contributed by atoms with van der Waals surface area (Å²) in [6.07, 6.45) is 1.62. The quantitative estimate of drug-likeness (QED) is 0.662. The Kier molecular flexibility index (Phi) is 4.95. The molecular weight excluding hydrogens is 162 g/mol. The predicted octanol–water partition coefficient (Wildman–Crippen LogP) is 1.90. The van der Waals surface area contributed by atoms with E-state index in [1.807, 2.05) is 13.8 Å². The Morgan fingerprint density at radius 1 is 1.73 bits per heavy atom. The average Bonchev–Trinajstić information content (AvgIpc) is 1.99. The standard InChI is InChI=1S/C8H14ClNO/c1-6(5-11)4-8(10-3)7(2)9/h5-6,10H,4H2,1-3H3/b8-7-. The van der Waals surface area contributed by atoms with Gasteiger partial charge in [-0.15, -0.1) is 0 Å². The van der Waals surface area contributed by atoms with Crippen LogP contribution in [-0.4, -0.2) is 13.3 Å². The summed E-state index contributed by atoms with van der Waals surface area (Å²) in [6, 6.07) is 0. The highest BCUT2D eigenvalue weighted by molar-refractivity contribution is 6.29. The van der Waals surface area contributed by atoms with Crippen molar-refractivity contribution in [3.05, 3.63) is 10.7 Å². The van der Waals surface area contributed by atoms with Gasteiger partial charge < -0.3 is 10.1 Å². The van der Waals surface area contributed by atoms with E-state index in [9.17, 15) is 4.79 Å². The van der Waals surface area contributed by atoms with E-state index in [-0.39, 0.29) is 5.92 Å². The van der Waals surface area contributed by atoms with Crippen LogP contribution in [0, 0.1) is 5.92 Å². The highest BCUT2D eigenvalue weighted by Crippen LogP contribution is 2.13. The molecule has 0 aliphatic rings. The third-order valence-electron chi connectivity index (χ3n) is 1.48.